The highest BCUT2D eigenvalue weighted by Gasteiger charge is 2.20. The molecule has 0 radical (unpaired) electrons. The average molecular weight is 405 g/mol. The summed E-state index contributed by atoms with van der Waals surface area (Å²) in [5.74, 6) is -0.209. The number of benzene rings is 2. The Balaban J connectivity index is 1.48. The summed E-state index contributed by atoms with van der Waals surface area (Å²) in [6, 6.07) is 8.86. The van der Waals surface area contributed by atoms with Crippen LogP contribution in [0.4, 0.5) is 14.5 Å². The first-order valence-electron chi connectivity index (χ1n) is 9.39. The largest absolute Gasteiger partial charge is 0.493 e. The Morgan fingerprint density at radius 2 is 1.66 bits per heavy atom. The standard InChI is InChI=1S/C21H25F2N3O3/c1-28-19-6-3-15(11-20(19)29-2)13-25-7-9-26(10-8-25)14-21(27)24-18-12-16(22)4-5-17(18)23/h3-6,11-12H,7-10,13-14H2,1-2H3,(H,24,27). The summed E-state index contributed by atoms with van der Waals surface area (Å²) in [4.78, 5) is 16.5. The van der Waals surface area contributed by atoms with Crippen molar-refractivity contribution in [3.63, 3.8) is 0 Å². The van der Waals surface area contributed by atoms with Gasteiger partial charge in [-0.15, -0.1) is 0 Å². The van der Waals surface area contributed by atoms with Crippen LogP contribution in [-0.2, 0) is 11.3 Å². The lowest BCUT2D eigenvalue weighted by atomic mass is 10.1. The topological polar surface area (TPSA) is 54.0 Å². The Hall–Kier alpha value is -2.71. The summed E-state index contributed by atoms with van der Waals surface area (Å²) in [5, 5.41) is 2.44. The molecule has 29 heavy (non-hydrogen) atoms. The fraction of sp³-hybridized carbons (Fsp3) is 0.381. The monoisotopic (exact) mass is 405 g/mol. The van der Waals surface area contributed by atoms with Crippen LogP contribution < -0.4 is 14.8 Å². The fourth-order valence-corrected chi connectivity index (χ4v) is 3.33. The van der Waals surface area contributed by atoms with Gasteiger partial charge in [-0.1, -0.05) is 6.07 Å². The molecule has 1 N–H and O–H groups in total. The maximum Gasteiger partial charge on any atom is 0.238 e. The van der Waals surface area contributed by atoms with Crippen molar-refractivity contribution >= 4 is 11.6 Å². The molecule has 0 aliphatic carbocycles. The third kappa shape index (κ3) is 5.65. The van der Waals surface area contributed by atoms with Crippen molar-refractivity contribution in [1.82, 2.24) is 9.80 Å². The maximum absolute atomic E-state index is 13.7. The summed E-state index contributed by atoms with van der Waals surface area (Å²) >= 11 is 0. The number of rotatable bonds is 7. The van der Waals surface area contributed by atoms with Gasteiger partial charge in [0.25, 0.3) is 0 Å². The molecule has 1 saturated heterocycles. The van der Waals surface area contributed by atoms with Crippen LogP contribution >= 0.6 is 0 Å². The number of amides is 1. The SMILES string of the molecule is COc1ccc(CN2CCN(CC(=O)Nc3cc(F)ccc3F)CC2)cc1OC. The van der Waals surface area contributed by atoms with Crippen LogP contribution in [0.1, 0.15) is 5.56 Å². The number of piperazine rings is 1. The molecule has 2 aromatic carbocycles. The van der Waals surface area contributed by atoms with E-state index in [1.165, 1.54) is 0 Å². The number of nitrogens with zero attached hydrogens (tertiary/aromatic N) is 2. The van der Waals surface area contributed by atoms with Crippen molar-refractivity contribution in [2.75, 3.05) is 52.3 Å². The first kappa shape index (κ1) is 21.0. The smallest absolute Gasteiger partial charge is 0.238 e. The van der Waals surface area contributed by atoms with Crippen LogP contribution in [0, 0.1) is 11.6 Å². The number of carbonyl (C=O) groups is 1. The van der Waals surface area contributed by atoms with E-state index in [0.717, 1.165) is 43.4 Å². The predicted octanol–water partition coefficient (Wildman–Crippen LogP) is 2.74. The molecule has 1 aliphatic rings. The second-order valence-electron chi connectivity index (χ2n) is 6.91. The zero-order chi connectivity index (χ0) is 20.8. The lowest BCUT2D eigenvalue weighted by Gasteiger charge is -2.34. The van der Waals surface area contributed by atoms with Gasteiger partial charge < -0.3 is 14.8 Å². The molecule has 3 rings (SSSR count). The highest BCUT2D eigenvalue weighted by Crippen LogP contribution is 2.28. The van der Waals surface area contributed by atoms with Gasteiger partial charge in [-0.25, -0.2) is 8.78 Å². The molecule has 0 aromatic heterocycles. The summed E-state index contributed by atoms with van der Waals surface area (Å²) < 4.78 is 37.5. The highest BCUT2D eigenvalue weighted by molar-refractivity contribution is 5.92. The van der Waals surface area contributed by atoms with Crippen LogP contribution in [0.15, 0.2) is 36.4 Å². The van der Waals surface area contributed by atoms with Gasteiger partial charge in [0.1, 0.15) is 11.6 Å². The molecule has 6 nitrogen and oxygen atoms in total. The number of nitrogens with one attached hydrogen (secondary N) is 1. The number of ether oxygens (including phenoxy) is 2. The zero-order valence-electron chi connectivity index (χ0n) is 16.6. The van der Waals surface area contributed by atoms with Gasteiger partial charge in [0, 0.05) is 38.8 Å². The van der Waals surface area contributed by atoms with Gasteiger partial charge in [0.05, 0.1) is 26.5 Å². The van der Waals surface area contributed by atoms with Crippen molar-refractivity contribution in [2.24, 2.45) is 0 Å². The van der Waals surface area contributed by atoms with Gasteiger partial charge in [-0.3, -0.25) is 14.6 Å². The number of methoxy groups -OCH3 is 2. The molecule has 0 saturated carbocycles. The Bertz CT molecular complexity index is 855. The van der Waals surface area contributed by atoms with Crippen LogP contribution in [0.5, 0.6) is 11.5 Å². The van der Waals surface area contributed by atoms with Gasteiger partial charge in [-0.2, -0.15) is 0 Å². The zero-order valence-corrected chi connectivity index (χ0v) is 16.6. The third-order valence-corrected chi connectivity index (χ3v) is 4.89. The van der Waals surface area contributed by atoms with Crippen molar-refractivity contribution in [1.29, 1.82) is 0 Å². The lowest BCUT2D eigenvalue weighted by Crippen LogP contribution is -2.48. The van der Waals surface area contributed by atoms with E-state index in [-0.39, 0.29) is 18.1 Å². The highest BCUT2D eigenvalue weighted by atomic mass is 19.1. The minimum Gasteiger partial charge on any atom is -0.493 e. The Kier molecular flexibility index (Phi) is 7.00. The van der Waals surface area contributed by atoms with Crippen molar-refractivity contribution in [2.45, 2.75) is 6.54 Å². The molecule has 0 atom stereocenters. The second kappa shape index (κ2) is 9.67. The van der Waals surface area contributed by atoms with Gasteiger partial charge in [0.15, 0.2) is 11.5 Å². The molecule has 1 aliphatic heterocycles. The first-order valence-corrected chi connectivity index (χ1v) is 9.39. The normalized spacial score (nSPS) is 15.2. The molecule has 1 amide bonds. The minimum atomic E-state index is -0.653. The molecule has 2 aromatic rings. The van der Waals surface area contributed by atoms with Gasteiger partial charge in [0.2, 0.25) is 5.91 Å². The van der Waals surface area contributed by atoms with E-state index in [1.54, 1.807) is 14.2 Å². The molecule has 1 fully saturated rings. The predicted molar refractivity (Wildman–Crippen MR) is 106 cm³/mol. The van der Waals surface area contributed by atoms with Crippen LogP contribution in [0.3, 0.4) is 0 Å². The van der Waals surface area contributed by atoms with Crippen molar-refractivity contribution in [3.05, 3.63) is 53.6 Å². The van der Waals surface area contributed by atoms with Crippen LogP contribution in [0.25, 0.3) is 0 Å². The second-order valence-corrected chi connectivity index (χ2v) is 6.91. The molecule has 0 bridgehead atoms. The summed E-state index contributed by atoms with van der Waals surface area (Å²) in [7, 11) is 3.22. The van der Waals surface area contributed by atoms with E-state index in [0.29, 0.717) is 24.6 Å². The summed E-state index contributed by atoms with van der Waals surface area (Å²) in [5.41, 5.74) is 0.984. The number of carbonyl (C=O) groups excluding carboxylic acids is 1. The number of halogens is 2. The fourth-order valence-electron chi connectivity index (χ4n) is 3.33. The molecule has 8 heteroatoms. The maximum atomic E-state index is 13.7. The Morgan fingerprint density at radius 3 is 2.34 bits per heavy atom. The Labute approximate surface area is 169 Å². The molecular weight excluding hydrogens is 380 g/mol. The average Bonchev–Trinajstić information content (AvgIpc) is 2.72. The number of hydrogen-bond donors (Lipinski definition) is 1. The Morgan fingerprint density at radius 1 is 0.966 bits per heavy atom. The summed E-state index contributed by atoms with van der Waals surface area (Å²) in [6.07, 6.45) is 0. The molecule has 0 spiro atoms. The number of hydrogen-bond acceptors (Lipinski definition) is 5. The minimum absolute atomic E-state index is 0.137. The molecular formula is C21H25F2N3O3. The van der Waals surface area contributed by atoms with E-state index in [9.17, 15) is 13.6 Å². The molecule has 156 valence electrons. The summed E-state index contributed by atoms with van der Waals surface area (Å²) in [6.45, 7) is 3.94. The van der Waals surface area contributed by atoms with Crippen molar-refractivity contribution < 1.29 is 23.0 Å². The molecule has 1 heterocycles. The van der Waals surface area contributed by atoms with Gasteiger partial charge in [-0.05, 0) is 29.8 Å². The van der Waals surface area contributed by atoms with E-state index < -0.39 is 11.6 Å². The quantitative estimate of drug-likeness (QED) is 0.768. The number of anilines is 1. The van der Waals surface area contributed by atoms with Crippen LogP contribution in [0.2, 0.25) is 0 Å². The van der Waals surface area contributed by atoms with E-state index in [1.807, 2.05) is 23.1 Å². The van der Waals surface area contributed by atoms with Gasteiger partial charge >= 0.3 is 0 Å². The third-order valence-electron chi connectivity index (χ3n) is 4.89. The van der Waals surface area contributed by atoms with Crippen LogP contribution in [-0.4, -0.2) is 62.7 Å². The van der Waals surface area contributed by atoms with E-state index in [4.69, 9.17) is 9.47 Å². The first-order chi connectivity index (χ1) is 14.0. The van der Waals surface area contributed by atoms with E-state index in [2.05, 4.69) is 10.2 Å². The lowest BCUT2D eigenvalue weighted by molar-refractivity contribution is -0.117. The van der Waals surface area contributed by atoms with E-state index >= 15 is 0 Å². The molecule has 0 unspecified atom stereocenters. The van der Waals surface area contributed by atoms with Crippen molar-refractivity contribution in [3.8, 4) is 11.5 Å².